The molecule has 0 bridgehead atoms. The summed E-state index contributed by atoms with van der Waals surface area (Å²) in [4.78, 5) is 72.5. The minimum absolute atomic E-state index is 0.0108. The first-order valence-electron chi connectivity index (χ1n) is 12.8. The summed E-state index contributed by atoms with van der Waals surface area (Å²) in [5.74, 6) is -5.41. The van der Waals surface area contributed by atoms with Gasteiger partial charge in [-0.15, -0.1) is 0 Å². The van der Waals surface area contributed by atoms with E-state index in [1.165, 1.54) is 36.8 Å². The molecule has 1 aromatic carbocycles. The molecule has 228 valence electrons. The molecule has 0 saturated heterocycles. The number of phenols is 1. The Morgan fingerprint density at radius 2 is 1.52 bits per heavy atom. The van der Waals surface area contributed by atoms with Crippen molar-refractivity contribution in [2.24, 2.45) is 22.2 Å². The van der Waals surface area contributed by atoms with Crippen molar-refractivity contribution in [3.8, 4) is 5.75 Å². The van der Waals surface area contributed by atoms with Crippen LogP contribution >= 0.6 is 0 Å². The number of aromatic hydroxyl groups is 1. The standard InChI is InChI=1S/C25H35N9O8/c26-16(10-20(36)37)21(38)33-18(9-14-11-29-12-31-14)23(40)32-17(2-1-7-30-25(27)28)22(39)34-19(24(41)42)8-13-3-5-15(35)6-4-13/h3-6,11-12,16-19,35H,1-2,7-10,26H2,(H,29,31)(H,32,40)(H,33,38)(H,34,39)(H,36,37)(H,41,42)(H4,27,28,30). The highest BCUT2D eigenvalue weighted by molar-refractivity contribution is 5.94. The van der Waals surface area contributed by atoms with Crippen LogP contribution in [0, 0.1) is 0 Å². The van der Waals surface area contributed by atoms with Crippen LogP contribution in [0.1, 0.15) is 30.5 Å². The number of aliphatic carboxylic acids is 2. The maximum absolute atomic E-state index is 13.3. The lowest BCUT2D eigenvalue weighted by Crippen LogP contribution is -2.58. The number of nitrogens with one attached hydrogen (secondary N) is 4. The summed E-state index contributed by atoms with van der Waals surface area (Å²) in [5, 5.41) is 35.5. The average molecular weight is 590 g/mol. The molecule has 0 aliphatic carbocycles. The molecule has 13 N–H and O–H groups in total. The van der Waals surface area contributed by atoms with Crippen LogP contribution in [0.4, 0.5) is 0 Å². The van der Waals surface area contributed by atoms with Gasteiger partial charge in [-0.05, 0) is 30.5 Å². The zero-order valence-electron chi connectivity index (χ0n) is 22.5. The van der Waals surface area contributed by atoms with Crippen LogP contribution in [0.5, 0.6) is 5.75 Å². The van der Waals surface area contributed by atoms with E-state index in [1.807, 2.05) is 0 Å². The molecule has 17 heteroatoms. The van der Waals surface area contributed by atoms with Gasteiger partial charge >= 0.3 is 11.9 Å². The average Bonchev–Trinajstić information content (AvgIpc) is 3.43. The largest absolute Gasteiger partial charge is 0.508 e. The maximum Gasteiger partial charge on any atom is 0.326 e. The van der Waals surface area contributed by atoms with Gasteiger partial charge < -0.3 is 53.5 Å². The monoisotopic (exact) mass is 589 g/mol. The number of rotatable bonds is 17. The van der Waals surface area contributed by atoms with E-state index in [0.29, 0.717) is 11.3 Å². The number of carbonyl (C=O) groups excluding carboxylic acids is 3. The van der Waals surface area contributed by atoms with Crippen molar-refractivity contribution >= 4 is 35.6 Å². The highest BCUT2D eigenvalue weighted by atomic mass is 16.4. The molecule has 4 atom stereocenters. The number of aromatic nitrogens is 2. The number of nitrogens with two attached hydrogens (primary N) is 3. The highest BCUT2D eigenvalue weighted by Gasteiger charge is 2.31. The predicted octanol–water partition coefficient (Wildman–Crippen LogP) is -2.70. The molecule has 3 amide bonds. The van der Waals surface area contributed by atoms with E-state index in [0.717, 1.165) is 0 Å². The van der Waals surface area contributed by atoms with Gasteiger partial charge in [-0.1, -0.05) is 12.1 Å². The number of H-pyrrole nitrogens is 1. The number of nitrogens with zero attached hydrogens (tertiary/aromatic N) is 2. The Morgan fingerprint density at radius 3 is 2.10 bits per heavy atom. The highest BCUT2D eigenvalue weighted by Crippen LogP contribution is 2.12. The smallest absolute Gasteiger partial charge is 0.326 e. The van der Waals surface area contributed by atoms with Crippen molar-refractivity contribution in [2.45, 2.75) is 56.3 Å². The third-order valence-electron chi connectivity index (χ3n) is 5.91. The number of amides is 3. The quantitative estimate of drug-likeness (QED) is 0.0512. The Hall–Kier alpha value is -5.19. The van der Waals surface area contributed by atoms with E-state index in [-0.39, 0.29) is 43.9 Å². The third-order valence-corrected chi connectivity index (χ3v) is 5.91. The van der Waals surface area contributed by atoms with Crippen LogP contribution in [0.3, 0.4) is 0 Å². The van der Waals surface area contributed by atoms with E-state index >= 15 is 0 Å². The number of carboxylic acid groups (broad SMARTS) is 2. The summed E-state index contributed by atoms with van der Waals surface area (Å²) in [6, 6.07) is 0.342. The van der Waals surface area contributed by atoms with Gasteiger partial charge in [-0.25, -0.2) is 9.78 Å². The second kappa shape index (κ2) is 16.2. The molecule has 0 spiro atoms. The fourth-order valence-corrected chi connectivity index (χ4v) is 3.77. The zero-order chi connectivity index (χ0) is 31.2. The van der Waals surface area contributed by atoms with Crippen molar-refractivity contribution in [1.29, 1.82) is 0 Å². The van der Waals surface area contributed by atoms with Crippen LogP contribution < -0.4 is 33.2 Å². The first-order valence-corrected chi connectivity index (χ1v) is 12.8. The van der Waals surface area contributed by atoms with Gasteiger partial charge in [0.15, 0.2) is 5.96 Å². The number of benzene rings is 1. The molecule has 0 saturated carbocycles. The van der Waals surface area contributed by atoms with Crippen LogP contribution in [0.25, 0.3) is 0 Å². The van der Waals surface area contributed by atoms with Crippen LogP contribution in [0.2, 0.25) is 0 Å². The zero-order valence-corrected chi connectivity index (χ0v) is 22.5. The minimum atomic E-state index is -1.45. The van der Waals surface area contributed by atoms with Crippen molar-refractivity contribution in [2.75, 3.05) is 6.54 Å². The summed E-state index contributed by atoms with van der Waals surface area (Å²) in [6.07, 6.45) is 2.05. The Balaban J connectivity index is 2.24. The number of phenolic OH excluding ortho intramolecular Hbond substituents is 1. The van der Waals surface area contributed by atoms with Crippen LogP contribution in [-0.2, 0) is 36.8 Å². The summed E-state index contributed by atoms with van der Waals surface area (Å²) >= 11 is 0. The SMILES string of the molecule is NC(N)=NCCCC(NC(=O)C(Cc1cnc[nH]1)NC(=O)C(N)CC(=O)O)C(=O)NC(Cc1ccc(O)cc1)C(=O)O. The number of aromatic amines is 1. The first kappa shape index (κ1) is 33.0. The van der Waals surface area contributed by atoms with Gasteiger partial charge in [0.05, 0.1) is 18.8 Å². The van der Waals surface area contributed by atoms with Gasteiger partial charge in [0.1, 0.15) is 23.9 Å². The summed E-state index contributed by atoms with van der Waals surface area (Å²) in [5.41, 5.74) is 17.3. The summed E-state index contributed by atoms with van der Waals surface area (Å²) in [6.45, 7) is 0.107. The normalized spacial score (nSPS) is 13.5. The lowest BCUT2D eigenvalue weighted by molar-refractivity contribution is -0.142. The summed E-state index contributed by atoms with van der Waals surface area (Å²) < 4.78 is 0. The minimum Gasteiger partial charge on any atom is -0.508 e. The lowest BCUT2D eigenvalue weighted by Gasteiger charge is -2.25. The van der Waals surface area contributed by atoms with Crippen molar-refractivity contribution in [1.82, 2.24) is 25.9 Å². The molecule has 17 nitrogen and oxygen atoms in total. The van der Waals surface area contributed by atoms with E-state index < -0.39 is 60.2 Å². The fourth-order valence-electron chi connectivity index (χ4n) is 3.77. The van der Waals surface area contributed by atoms with Crippen LogP contribution in [0.15, 0.2) is 41.8 Å². The Bertz CT molecular complexity index is 1250. The number of imidazole rings is 1. The van der Waals surface area contributed by atoms with Gasteiger partial charge in [0.25, 0.3) is 0 Å². The molecule has 2 rings (SSSR count). The second-order valence-electron chi connectivity index (χ2n) is 9.33. The number of aliphatic imine (C=N–C) groups is 1. The molecular formula is C25H35N9O8. The first-order chi connectivity index (χ1) is 19.8. The van der Waals surface area contributed by atoms with Crippen molar-refractivity contribution in [3.63, 3.8) is 0 Å². The van der Waals surface area contributed by atoms with E-state index in [1.54, 1.807) is 0 Å². The molecule has 0 radical (unpaired) electrons. The molecule has 0 aliphatic heterocycles. The number of guanidine groups is 1. The maximum atomic E-state index is 13.3. The molecule has 42 heavy (non-hydrogen) atoms. The third kappa shape index (κ3) is 11.5. The Morgan fingerprint density at radius 1 is 0.905 bits per heavy atom. The second-order valence-corrected chi connectivity index (χ2v) is 9.33. The van der Waals surface area contributed by atoms with E-state index in [9.17, 15) is 34.2 Å². The molecule has 1 heterocycles. The van der Waals surface area contributed by atoms with E-state index in [2.05, 4.69) is 30.9 Å². The lowest BCUT2D eigenvalue weighted by atomic mass is 10.0. The van der Waals surface area contributed by atoms with Gasteiger partial charge in [0, 0.05) is 31.3 Å². The van der Waals surface area contributed by atoms with Crippen molar-refractivity contribution < 1.29 is 39.3 Å². The van der Waals surface area contributed by atoms with Gasteiger partial charge in [-0.3, -0.25) is 24.2 Å². The number of hydrogen-bond donors (Lipinski definition) is 10. The molecule has 4 unspecified atom stereocenters. The van der Waals surface area contributed by atoms with Crippen LogP contribution in [-0.4, -0.2) is 91.6 Å². The number of hydrogen-bond acceptors (Lipinski definition) is 9. The molecule has 0 fully saturated rings. The molecule has 2 aromatic rings. The summed E-state index contributed by atoms with van der Waals surface area (Å²) in [7, 11) is 0. The Labute approximate surface area is 240 Å². The number of carboxylic acids is 2. The fraction of sp³-hybridized carbons (Fsp3) is 0.400. The Kier molecular flexibility index (Phi) is 12.7. The predicted molar refractivity (Wildman–Crippen MR) is 148 cm³/mol. The molecule has 1 aromatic heterocycles. The van der Waals surface area contributed by atoms with E-state index in [4.69, 9.17) is 22.3 Å². The van der Waals surface area contributed by atoms with Gasteiger partial charge in [-0.2, -0.15) is 0 Å². The molecular weight excluding hydrogens is 554 g/mol. The van der Waals surface area contributed by atoms with Crippen molar-refractivity contribution in [3.05, 3.63) is 48.0 Å². The van der Waals surface area contributed by atoms with Gasteiger partial charge in [0.2, 0.25) is 17.7 Å². The molecule has 0 aliphatic rings. The topological polar surface area (TPSA) is 301 Å². The number of carbonyl (C=O) groups is 5.